The molecule has 0 radical (unpaired) electrons. The molecule has 0 aliphatic carbocycles. The molecule has 16 heavy (non-hydrogen) atoms. The smallest absolute Gasteiger partial charge is 0.155 e. The second kappa shape index (κ2) is 5.32. The van der Waals surface area contributed by atoms with Gasteiger partial charge in [0.25, 0.3) is 0 Å². The van der Waals surface area contributed by atoms with Crippen molar-refractivity contribution in [2.45, 2.75) is 53.1 Å². The first kappa shape index (κ1) is 14.9. The molecule has 0 bridgehead atoms. The molecule has 5 heteroatoms. The molecule has 92 valence electrons. The molecule has 0 rings (SSSR count). The fourth-order valence-corrected chi connectivity index (χ4v) is 1.36. The Morgan fingerprint density at radius 2 is 1.81 bits per heavy atom. The molecule has 0 amide bonds. The molecule has 0 aliphatic rings. The number of azide groups is 1. The van der Waals surface area contributed by atoms with Crippen LogP contribution in [0.15, 0.2) is 5.11 Å². The zero-order valence-electron chi connectivity index (χ0n) is 11.0. The number of ketones is 1. The lowest BCUT2D eigenvalue weighted by molar-refractivity contribution is -0.128. The molecule has 1 atom stereocenters. The summed E-state index contributed by atoms with van der Waals surface area (Å²) in [6, 6.07) is -0.420. The van der Waals surface area contributed by atoms with Gasteiger partial charge in [-0.2, -0.15) is 0 Å². The molecule has 0 aromatic rings. The van der Waals surface area contributed by atoms with E-state index in [9.17, 15) is 4.79 Å². The number of carbonyl (C=O) groups excluding carboxylic acids is 1. The van der Waals surface area contributed by atoms with Gasteiger partial charge in [-0.15, -0.1) is 0 Å². The Kier molecular flexibility index (Phi) is 4.97. The maximum Gasteiger partial charge on any atom is 0.155 e. The monoisotopic (exact) mass is 226 g/mol. The van der Waals surface area contributed by atoms with Gasteiger partial charge in [-0.3, -0.25) is 4.79 Å². The summed E-state index contributed by atoms with van der Waals surface area (Å²) in [5.41, 5.74) is 7.70. The third-order valence-corrected chi connectivity index (χ3v) is 1.99. The summed E-state index contributed by atoms with van der Waals surface area (Å²) in [6.45, 7) is 11.7. The number of nitrogens with zero attached hydrogens (tertiary/aromatic N) is 3. The van der Waals surface area contributed by atoms with Gasteiger partial charge in [0.1, 0.15) is 0 Å². The molecule has 0 spiro atoms. The number of Topliss-reactive ketones (excluding diaryl/α,β-unsaturated/α-hetero) is 1. The number of hydrogen-bond acceptors (Lipinski definition) is 3. The third kappa shape index (κ3) is 5.73. The number of nitrogens with one attached hydrogen (secondary N) is 1. The van der Waals surface area contributed by atoms with Gasteiger partial charge in [0.2, 0.25) is 0 Å². The second-order valence-corrected chi connectivity index (χ2v) is 5.97. The highest BCUT2D eigenvalue weighted by molar-refractivity contribution is 5.89. The van der Waals surface area contributed by atoms with E-state index in [1.165, 1.54) is 0 Å². The van der Waals surface area contributed by atoms with E-state index in [1.807, 2.05) is 41.5 Å². The van der Waals surface area contributed by atoms with E-state index < -0.39 is 11.5 Å². The molecule has 0 fully saturated rings. The van der Waals surface area contributed by atoms with Crippen molar-refractivity contribution in [3.05, 3.63) is 10.4 Å². The molecule has 0 aromatic heterocycles. The Morgan fingerprint density at radius 3 is 2.12 bits per heavy atom. The molecular weight excluding hydrogens is 204 g/mol. The van der Waals surface area contributed by atoms with Crippen molar-refractivity contribution in [2.75, 3.05) is 6.54 Å². The second-order valence-electron chi connectivity index (χ2n) is 5.97. The van der Waals surface area contributed by atoms with Crippen molar-refractivity contribution < 1.29 is 4.79 Å². The van der Waals surface area contributed by atoms with Crippen LogP contribution in [-0.4, -0.2) is 23.9 Å². The van der Waals surface area contributed by atoms with Crippen LogP contribution in [0, 0.1) is 5.41 Å². The van der Waals surface area contributed by atoms with Gasteiger partial charge < -0.3 is 5.32 Å². The summed E-state index contributed by atoms with van der Waals surface area (Å²) in [5, 5.41) is 6.67. The van der Waals surface area contributed by atoms with Crippen molar-refractivity contribution >= 4 is 5.78 Å². The van der Waals surface area contributed by atoms with Crippen molar-refractivity contribution in [1.29, 1.82) is 0 Å². The van der Waals surface area contributed by atoms with Crippen LogP contribution < -0.4 is 5.32 Å². The summed E-state index contributed by atoms with van der Waals surface area (Å²) in [6.07, 6.45) is 0. The normalized spacial score (nSPS) is 14.1. The Balaban J connectivity index is 4.80. The molecule has 0 saturated heterocycles. The maximum absolute atomic E-state index is 12.1. The average Bonchev–Trinajstić information content (AvgIpc) is 2.07. The molecule has 5 nitrogen and oxygen atoms in total. The number of hydrogen-bond donors (Lipinski definition) is 1. The lowest BCUT2D eigenvalue weighted by atomic mass is 9.85. The molecule has 1 N–H and O–H groups in total. The van der Waals surface area contributed by atoms with Gasteiger partial charge in [0.15, 0.2) is 5.78 Å². The lowest BCUT2D eigenvalue weighted by Crippen LogP contribution is -2.52. The van der Waals surface area contributed by atoms with Crippen LogP contribution in [-0.2, 0) is 4.79 Å². The van der Waals surface area contributed by atoms with Gasteiger partial charge in [0.05, 0.1) is 6.04 Å². The highest BCUT2D eigenvalue weighted by Gasteiger charge is 2.31. The first-order valence-electron chi connectivity index (χ1n) is 5.41. The van der Waals surface area contributed by atoms with Crippen LogP contribution in [0.2, 0.25) is 0 Å². The third-order valence-electron chi connectivity index (χ3n) is 1.99. The number of carbonyl (C=O) groups is 1. The van der Waals surface area contributed by atoms with E-state index in [0.717, 1.165) is 0 Å². The average molecular weight is 226 g/mol. The van der Waals surface area contributed by atoms with Gasteiger partial charge in [-0.1, -0.05) is 25.9 Å². The van der Waals surface area contributed by atoms with Gasteiger partial charge >= 0.3 is 0 Å². The van der Waals surface area contributed by atoms with Crippen LogP contribution in [0.5, 0.6) is 0 Å². The Morgan fingerprint density at radius 1 is 1.31 bits per heavy atom. The lowest BCUT2D eigenvalue weighted by Gasteiger charge is -2.30. The minimum atomic E-state index is -0.437. The maximum atomic E-state index is 12.1. The quantitative estimate of drug-likeness (QED) is 0.454. The summed E-state index contributed by atoms with van der Waals surface area (Å²) < 4.78 is 0. The van der Waals surface area contributed by atoms with Crippen molar-refractivity contribution in [3.63, 3.8) is 0 Å². The Bertz CT molecular complexity index is 292. The van der Waals surface area contributed by atoms with Crippen LogP contribution in [0.4, 0.5) is 0 Å². The van der Waals surface area contributed by atoms with Crippen molar-refractivity contribution in [2.24, 2.45) is 10.5 Å². The highest BCUT2D eigenvalue weighted by atomic mass is 16.1. The Hall–Kier alpha value is -1.06. The Labute approximate surface area is 97.2 Å². The summed E-state index contributed by atoms with van der Waals surface area (Å²) in [4.78, 5) is 14.8. The van der Waals surface area contributed by atoms with Crippen LogP contribution in [0.1, 0.15) is 41.5 Å². The first-order chi connectivity index (χ1) is 7.08. The zero-order valence-corrected chi connectivity index (χ0v) is 11.0. The summed E-state index contributed by atoms with van der Waals surface area (Å²) in [7, 11) is 0. The van der Waals surface area contributed by atoms with E-state index >= 15 is 0 Å². The van der Waals surface area contributed by atoms with Gasteiger partial charge in [-0.05, 0) is 26.3 Å². The molecule has 0 aliphatic heterocycles. The fourth-order valence-electron chi connectivity index (χ4n) is 1.36. The topological polar surface area (TPSA) is 77.9 Å². The van der Waals surface area contributed by atoms with E-state index in [0.29, 0.717) is 0 Å². The van der Waals surface area contributed by atoms with E-state index in [2.05, 4.69) is 15.3 Å². The van der Waals surface area contributed by atoms with Crippen molar-refractivity contribution in [1.82, 2.24) is 5.32 Å². The van der Waals surface area contributed by atoms with Crippen LogP contribution in [0.3, 0.4) is 0 Å². The minimum Gasteiger partial charge on any atom is -0.303 e. The SMILES string of the molecule is CC(C)(C)NC(CN=[N+]=[N-])C(=O)C(C)(C)C. The molecule has 1 unspecified atom stereocenters. The zero-order chi connectivity index (χ0) is 13.0. The van der Waals surface area contributed by atoms with Crippen molar-refractivity contribution in [3.8, 4) is 0 Å². The first-order valence-corrected chi connectivity index (χ1v) is 5.41. The minimum absolute atomic E-state index is 0.0647. The molecule has 0 heterocycles. The number of rotatable bonds is 4. The predicted molar refractivity (Wildman–Crippen MR) is 65.2 cm³/mol. The summed E-state index contributed by atoms with van der Waals surface area (Å²) >= 11 is 0. The molecule has 0 saturated carbocycles. The molecular formula is C11H22N4O. The van der Waals surface area contributed by atoms with E-state index in [-0.39, 0.29) is 17.9 Å². The van der Waals surface area contributed by atoms with Crippen LogP contribution in [0.25, 0.3) is 10.4 Å². The summed E-state index contributed by atoms with van der Waals surface area (Å²) in [5.74, 6) is 0.0647. The largest absolute Gasteiger partial charge is 0.303 e. The molecule has 0 aromatic carbocycles. The van der Waals surface area contributed by atoms with E-state index in [1.54, 1.807) is 0 Å². The van der Waals surface area contributed by atoms with Gasteiger partial charge in [0, 0.05) is 22.4 Å². The van der Waals surface area contributed by atoms with Gasteiger partial charge in [-0.25, -0.2) is 0 Å². The van der Waals surface area contributed by atoms with Crippen LogP contribution >= 0.6 is 0 Å². The predicted octanol–water partition coefficient (Wildman–Crippen LogP) is 2.67. The standard InChI is InChI=1S/C11H22N4O/c1-10(2,3)9(16)8(7-13-15-12)14-11(4,5)6/h8,14H,7H2,1-6H3. The highest BCUT2D eigenvalue weighted by Crippen LogP contribution is 2.18. The van der Waals surface area contributed by atoms with E-state index in [4.69, 9.17) is 5.53 Å². The fraction of sp³-hybridized carbons (Fsp3) is 0.909.